The standard InChI is InChI=1S/C12H9Cl2NOS/c13-9-4-1-5-10(14)11(9)12(16)15-7-8-3-2-6-17-8/h1-6H,7H2,(H,15,16). The van der Waals surface area contributed by atoms with Crippen LogP contribution in [0.25, 0.3) is 0 Å². The number of halogens is 2. The number of hydrogen-bond acceptors (Lipinski definition) is 2. The Kier molecular flexibility index (Phi) is 4.05. The molecule has 0 saturated heterocycles. The third-order valence-corrected chi connectivity index (χ3v) is 3.70. The van der Waals surface area contributed by atoms with Crippen molar-refractivity contribution in [3.05, 3.63) is 56.2 Å². The van der Waals surface area contributed by atoms with Gasteiger partial charge in [-0.2, -0.15) is 0 Å². The summed E-state index contributed by atoms with van der Waals surface area (Å²) < 4.78 is 0. The second-order valence-corrected chi connectivity index (χ2v) is 5.21. The molecule has 1 N–H and O–H groups in total. The Labute approximate surface area is 113 Å². The molecule has 0 saturated carbocycles. The van der Waals surface area contributed by atoms with E-state index in [2.05, 4.69) is 5.32 Å². The van der Waals surface area contributed by atoms with Gasteiger partial charge in [0.2, 0.25) is 0 Å². The largest absolute Gasteiger partial charge is 0.347 e. The lowest BCUT2D eigenvalue weighted by molar-refractivity contribution is 0.0951. The van der Waals surface area contributed by atoms with Crippen molar-refractivity contribution in [2.24, 2.45) is 0 Å². The number of benzene rings is 1. The van der Waals surface area contributed by atoms with Gasteiger partial charge in [0.1, 0.15) is 0 Å². The summed E-state index contributed by atoms with van der Waals surface area (Å²) >= 11 is 13.5. The van der Waals surface area contributed by atoms with Crippen LogP contribution in [0.3, 0.4) is 0 Å². The van der Waals surface area contributed by atoms with E-state index in [1.54, 1.807) is 29.5 Å². The summed E-state index contributed by atoms with van der Waals surface area (Å²) in [6.07, 6.45) is 0. The quantitative estimate of drug-likeness (QED) is 0.908. The van der Waals surface area contributed by atoms with Crippen molar-refractivity contribution in [1.29, 1.82) is 0 Å². The molecular weight excluding hydrogens is 277 g/mol. The van der Waals surface area contributed by atoms with Crippen LogP contribution in [0.15, 0.2) is 35.7 Å². The minimum absolute atomic E-state index is 0.256. The Bertz CT molecular complexity index is 505. The molecule has 2 rings (SSSR count). The van der Waals surface area contributed by atoms with E-state index < -0.39 is 0 Å². The van der Waals surface area contributed by atoms with Gasteiger partial charge in [-0.1, -0.05) is 35.3 Å². The molecule has 88 valence electrons. The summed E-state index contributed by atoms with van der Waals surface area (Å²) in [5.41, 5.74) is 0.326. The fourth-order valence-electron chi connectivity index (χ4n) is 1.38. The first-order valence-electron chi connectivity index (χ1n) is 4.93. The van der Waals surface area contributed by atoms with Crippen molar-refractivity contribution in [1.82, 2.24) is 5.32 Å². The molecule has 0 fully saturated rings. The van der Waals surface area contributed by atoms with Gasteiger partial charge >= 0.3 is 0 Å². The molecule has 17 heavy (non-hydrogen) atoms. The predicted octanol–water partition coefficient (Wildman–Crippen LogP) is 3.98. The molecule has 0 unspecified atom stereocenters. The molecule has 1 aromatic heterocycles. The highest BCUT2D eigenvalue weighted by atomic mass is 35.5. The van der Waals surface area contributed by atoms with Crippen LogP contribution in [0.5, 0.6) is 0 Å². The number of carbonyl (C=O) groups is 1. The Morgan fingerprint density at radius 1 is 1.18 bits per heavy atom. The normalized spacial score (nSPS) is 10.2. The van der Waals surface area contributed by atoms with E-state index >= 15 is 0 Å². The average Bonchev–Trinajstić information content (AvgIpc) is 2.79. The number of amides is 1. The first-order valence-corrected chi connectivity index (χ1v) is 6.56. The van der Waals surface area contributed by atoms with E-state index in [1.807, 2.05) is 17.5 Å². The van der Waals surface area contributed by atoms with Gasteiger partial charge in [-0.15, -0.1) is 11.3 Å². The molecule has 0 aliphatic carbocycles. The number of carbonyl (C=O) groups excluding carboxylic acids is 1. The average molecular weight is 286 g/mol. The Balaban J connectivity index is 2.10. The molecule has 2 aromatic rings. The molecule has 0 bridgehead atoms. The maximum atomic E-state index is 11.9. The zero-order chi connectivity index (χ0) is 12.3. The zero-order valence-electron chi connectivity index (χ0n) is 8.74. The van der Waals surface area contributed by atoms with Crippen LogP contribution in [0.4, 0.5) is 0 Å². The lowest BCUT2D eigenvalue weighted by atomic mass is 10.2. The summed E-state index contributed by atoms with van der Waals surface area (Å²) in [7, 11) is 0. The van der Waals surface area contributed by atoms with E-state index in [1.165, 1.54) is 0 Å². The monoisotopic (exact) mass is 285 g/mol. The minimum atomic E-state index is -0.256. The molecule has 0 atom stereocenters. The van der Waals surface area contributed by atoms with Crippen molar-refractivity contribution in [2.75, 3.05) is 0 Å². The van der Waals surface area contributed by atoms with Gasteiger partial charge in [-0.25, -0.2) is 0 Å². The van der Waals surface area contributed by atoms with Crippen LogP contribution in [-0.4, -0.2) is 5.91 Å². The second-order valence-electron chi connectivity index (χ2n) is 3.36. The van der Waals surface area contributed by atoms with E-state index in [0.717, 1.165) is 4.88 Å². The van der Waals surface area contributed by atoms with Gasteiger partial charge in [-0.3, -0.25) is 4.79 Å². The second kappa shape index (κ2) is 5.54. The highest BCUT2D eigenvalue weighted by Gasteiger charge is 2.13. The van der Waals surface area contributed by atoms with E-state index in [-0.39, 0.29) is 5.91 Å². The highest BCUT2D eigenvalue weighted by Crippen LogP contribution is 2.24. The molecule has 0 aliphatic rings. The van der Waals surface area contributed by atoms with Crippen molar-refractivity contribution in [3.63, 3.8) is 0 Å². The molecule has 5 heteroatoms. The van der Waals surface area contributed by atoms with Crippen LogP contribution in [0, 0.1) is 0 Å². The van der Waals surface area contributed by atoms with Crippen LogP contribution in [-0.2, 0) is 6.54 Å². The van der Waals surface area contributed by atoms with Gasteiger partial charge in [0.15, 0.2) is 0 Å². The van der Waals surface area contributed by atoms with Gasteiger partial charge in [0.25, 0.3) is 5.91 Å². The van der Waals surface area contributed by atoms with Crippen molar-refractivity contribution in [2.45, 2.75) is 6.54 Å². The van der Waals surface area contributed by atoms with Gasteiger partial charge in [0, 0.05) is 4.88 Å². The van der Waals surface area contributed by atoms with Crippen LogP contribution in [0.1, 0.15) is 15.2 Å². The van der Waals surface area contributed by atoms with Crippen LogP contribution >= 0.6 is 34.5 Å². The van der Waals surface area contributed by atoms with Crippen LogP contribution < -0.4 is 5.32 Å². The third kappa shape index (κ3) is 3.00. The smallest absolute Gasteiger partial charge is 0.254 e. The van der Waals surface area contributed by atoms with Crippen molar-refractivity contribution < 1.29 is 4.79 Å². The Hall–Kier alpha value is -1.03. The van der Waals surface area contributed by atoms with Crippen molar-refractivity contribution in [3.8, 4) is 0 Å². The first kappa shape index (κ1) is 12.4. The van der Waals surface area contributed by atoms with Crippen molar-refractivity contribution >= 4 is 40.4 Å². The molecule has 1 amide bonds. The topological polar surface area (TPSA) is 29.1 Å². The van der Waals surface area contributed by atoms with E-state index in [0.29, 0.717) is 22.2 Å². The third-order valence-electron chi connectivity index (χ3n) is 2.19. The fourth-order valence-corrected chi connectivity index (χ4v) is 2.60. The lowest BCUT2D eigenvalue weighted by Crippen LogP contribution is -2.23. The Morgan fingerprint density at radius 2 is 1.88 bits per heavy atom. The summed E-state index contributed by atoms with van der Waals surface area (Å²) in [6.45, 7) is 0.484. The van der Waals surface area contributed by atoms with Gasteiger partial charge in [-0.05, 0) is 23.6 Å². The molecule has 0 aliphatic heterocycles. The maximum Gasteiger partial charge on any atom is 0.254 e. The number of hydrogen-bond donors (Lipinski definition) is 1. The SMILES string of the molecule is O=C(NCc1cccs1)c1c(Cl)cccc1Cl. The van der Waals surface area contributed by atoms with Gasteiger partial charge < -0.3 is 5.32 Å². The van der Waals surface area contributed by atoms with E-state index in [9.17, 15) is 4.79 Å². The van der Waals surface area contributed by atoms with E-state index in [4.69, 9.17) is 23.2 Å². The van der Waals surface area contributed by atoms with Gasteiger partial charge in [0.05, 0.1) is 22.2 Å². The molecular formula is C12H9Cl2NOS. The summed E-state index contributed by atoms with van der Waals surface area (Å²) in [5.74, 6) is -0.256. The molecule has 0 spiro atoms. The first-order chi connectivity index (χ1) is 8.18. The number of rotatable bonds is 3. The molecule has 1 heterocycles. The summed E-state index contributed by atoms with van der Waals surface area (Å²) in [6, 6.07) is 8.90. The molecule has 1 aromatic carbocycles. The zero-order valence-corrected chi connectivity index (χ0v) is 11.1. The minimum Gasteiger partial charge on any atom is -0.347 e. The maximum absolute atomic E-state index is 11.9. The number of thiophene rings is 1. The Morgan fingerprint density at radius 3 is 2.47 bits per heavy atom. The molecule has 0 radical (unpaired) electrons. The lowest BCUT2D eigenvalue weighted by Gasteiger charge is -2.07. The molecule has 2 nitrogen and oxygen atoms in total. The number of nitrogens with one attached hydrogen (secondary N) is 1. The summed E-state index contributed by atoms with van der Waals surface area (Å²) in [4.78, 5) is 13.0. The summed E-state index contributed by atoms with van der Waals surface area (Å²) in [5, 5.41) is 5.47. The highest BCUT2D eigenvalue weighted by molar-refractivity contribution is 7.09. The predicted molar refractivity (Wildman–Crippen MR) is 72.0 cm³/mol. The van der Waals surface area contributed by atoms with Crippen LogP contribution in [0.2, 0.25) is 10.0 Å². The fraction of sp³-hybridized carbons (Fsp3) is 0.0833.